The second-order valence-corrected chi connectivity index (χ2v) is 19.4. The Labute approximate surface area is 391 Å². The lowest BCUT2D eigenvalue weighted by molar-refractivity contribution is -0.116. The van der Waals surface area contributed by atoms with Crippen molar-refractivity contribution in [1.82, 2.24) is 29.8 Å². The number of nitrogens with one attached hydrogen (secondary N) is 3. The van der Waals surface area contributed by atoms with Crippen molar-refractivity contribution in [3.63, 3.8) is 0 Å². The number of hydrogen-bond acceptors (Lipinski definition) is 9. The van der Waals surface area contributed by atoms with Crippen LogP contribution in [0.5, 0.6) is 5.75 Å². The average Bonchev–Trinajstić information content (AvgIpc) is 3.92. The first kappa shape index (κ1) is 47.2. The summed E-state index contributed by atoms with van der Waals surface area (Å²) >= 11 is 12.9. The number of fused-ring (bicyclic) bond motifs is 2. The molecule has 7 aromatic rings. The van der Waals surface area contributed by atoms with Crippen molar-refractivity contribution in [3.05, 3.63) is 136 Å². The number of benzene rings is 5. The molecule has 0 bridgehead atoms. The highest BCUT2D eigenvalue weighted by molar-refractivity contribution is 7.90. The molecule has 5 aromatic carbocycles. The number of likely N-dealkylation sites (N-methyl/N-ethyl adjacent to an activating group) is 1. The lowest BCUT2D eigenvalue weighted by Crippen LogP contribution is -2.20. The minimum Gasteiger partial charge on any atom is -0.496 e. The summed E-state index contributed by atoms with van der Waals surface area (Å²) in [5.74, 6) is -0.193. The molecule has 2 amide bonds. The second kappa shape index (κ2) is 20.2. The molecule has 0 saturated heterocycles. The van der Waals surface area contributed by atoms with Gasteiger partial charge in [0.15, 0.2) is 0 Å². The number of H-pyrrole nitrogens is 1. The minimum atomic E-state index is -4.26. The van der Waals surface area contributed by atoms with Crippen LogP contribution < -0.4 is 15.4 Å². The fourth-order valence-electron chi connectivity index (χ4n) is 6.88. The standard InChI is InChI=1S/C45H44Cl2N10O7S2/c1-55(2)27-49-66(62,63)43-23-34(21-40-36(43)26-57(54-40)25-32-10-6-8-12-41(32)64-4)52-45(59)19-31-14-13-29(17-38(31)47)15-16-56(3)28-50-65(60,61)42-22-33(20-39-35(42)24-48-53-39)51-44(58)18-30-9-5-7-11-37(30)46/h5-14,17,20-24,26-28H,15-16,18-19,25H2,1-4H3,(H,48,53)(H,51,58)(H,52,59)/b49-27+,50-28+. The molecule has 7 rings (SSSR count). The molecule has 0 unspecified atom stereocenters. The predicted molar refractivity (Wildman–Crippen MR) is 257 cm³/mol. The van der Waals surface area contributed by atoms with Gasteiger partial charge in [0, 0.05) is 77.8 Å². The normalized spacial score (nSPS) is 12.0. The van der Waals surface area contributed by atoms with Crippen LogP contribution in [0.3, 0.4) is 0 Å². The summed E-state index contributed by atoms with van der Waals surface area (Å²) in [7, 11) is -1.94. The molecule has 0 spiro atoms. The predicted octanol–water partition coefficient (Wildman–Crippen LogP) is 6.81. The summed E-state index contributed by atoms with van der Waals surface area (Å²) in [4.78, 5) is 29.1. The topological polar surface area (TPSA) is 213 Å². The first-order chi connectivity index (χ1) is 31.5. The van der Waals surface area contributed by atoms with Crippen molar-refractivity contribution < 1.29 is 31.2 Å². The van der Waals surface area contributed by atoms with E-state index >= 15 is 0 Å². The number of methoxy groups -OCH3 is 1. The number of ether oxygens (including phenoxy) is 1. The third kappa shape index (κ3) is 11.5. The van der Waals surface area contributed by atoms with Crippen molar-refractivity contribution in [3.8, 4) is 5.75 Å². The second-order valence-electron chi connectivity index (χ2n) is 15.4. The van der Waals surface area contributed by atoms with E-state index in [1.807, 2.05) is 30.3 Å². The molecule has 2 heterocycles. The fraction of sp³-hybridized carbons (Fsp3) is 0.200. The van der Waals surface area contributed by atoms with Crippen LogP contribution in [-0.4, -0.2) is 106 Å². The number of carbonyl (C=O) groups is 2. The maximum Gasteiger partial charge on any atom is 0.284 e. The summed E-state index contributed by atoms with van der Waals surface area (Å²) in [6, 6.07) is 25.5. The molecule has 2 aromatic heterocycles. The maximum atomic E-state index is 13.5. The van der Waals surface area contributed by atoms with Gasteiger partial charge in [-0.2, -0.15) is 27.0 Å². The molecule has 0 aliphatic rings. The molecule has 0 aliphatic carbocycles. The van der Waals surface area contributed by atoms with Gasteiger partial charge in [-0.15, -0.1) is 8.80 Å². The zero-order chi connectivity index (χ0) is 47.2. The van der Waals surface area contributed by atoms with Crippen LogP contribution in [0, 0.1) is 0 Å². The van der Waals surface area contributed by atoms with Crippen LogP contribution in [-0.2, 0) is 55.4 Å². The smallest absolute Gasteiger partial charge is 0.284 e. The zero-order valence-electron chi connectivity index (χ0n) is 36.1. The van der Waals surface area contributed by atoms with E-state index in [0.29, 0.717) is 68.2 Å². The van der Waals surface area contributed by atoms with E-state index in [2.05, 4.69) is 34.7 Å². The quantitative estimate of drug-likeness (QED) is 0.0600. The van der Waals surface area contributed by atoms with Gasteiger partial charge in [0.05, 0.1) is 37.5 Å². The van der Waals surface area contributed by atoms with Crippen LogP contribution in [0.2, 0.25) is 10.0 Å². The third-order valence-corrected chi connectivity index (χ3v) is 13.4. The van der Waals surface area contributed by atoms with Gasteiger partial charge in [0.1, 0.15) is 28.2 Å². The van der Waals surface area contributed by atoms with Crippen LogP contribution in [0.15, 0.2) is 122 Å². The molecule has 342 valence electrons. The van der Waals surface area contributed by atoms with Crippen LogP contribution in [0.1, 0.15) is 22.3 Å². The number of sulfonamides is 2. The van der Waals surface area contributed by atoms with Crippen molar-refractivity contribution in [2.24, 2.45) is 8.80 Å². The molecular weight excluding hydrogens is 928 g/mol. The molecule has 0 atom stereocenters. The van der Waals surface area contributed by atoms with Crippen LogP contribution in [0.4, 0.5) is 11.4 Å². The SMILES string of the molecule is COc1ccccc1Cn1cc2c(S(=O)(=O)/N=C/N(C)C)cc(NC(=O)Cc3ccc(CCN(C)/C=N/S(=O)(=O)c4cc(NC(=O)Cc5ccccc5Cl)cc5n[nH]cc45)cc3Cl)cc2n1. The molecule has 21 heteroatoms. The largest absolute Gasteiger partial charge is 0.496 e. The molecule has 0 saturated carbocycles. The van der Waals surface area contributed by atoms with Crippen LogP contribution in [0.25, 0.3) is 21.8 Å². The Morgan fingerprint density at radius 3 is 2.02 bits per heavy atom. The van der Waals surface area contributed by atoms with Gasteiger partial charge in [-0.1, -0.05) is 71.7 Å². The Morgan fingerprint density at radius 1 is 0.758 bits per heavy atom. The third-order valence-electron chi connectivity index (χ3n) is 10.1. The van der Waals surface area contributed by atoms with E-state index in [4.69, 9.17) is 27.9 Å². The van der Waals surface area contributed by atoms with Crippen molar-refractivity contribution >= 4 is 101 Å². The first-order valence-electron chi connectivity index (χ1n) is 20.2. The van der Waals surface area contributed by atoms with E-state index in [9.17, 15) is 26.4 Å². The number of carbonyl (C=O) groups excluding carboxylic acids is 2. The van der Waals surface area contributed by atoms with Crippen molar-refractivity contribution in [2.75, 3.05) is 45.4 Å². The number of hydrogen-bond donors (Lipinski definition) is 3. The molecule has 0 aliphatic heterocycles. The Morgan fingerprint density at radius 2 is 1.36 bits per heavy atom. The average molecular weight is 972 g/mol. The number of anilines is 2. The summed E-state index contributed by atoms with van der Waals surface area (Å²) < 4.78 is 69.0. The van der Waals surface area contributed by atoms with E-state index in [1.54, 1.807) is 92.6 Å². The molecule has 0 radical (unpaired) electrons. The van der Waals surface area contributed by atoms with E-state index < -0.39 is 31.9 Å². The van der Waals surface area contributed by atoms with Gasteiger partial charge in [-0.3, -0.25) is 19.4 Å². The number of halogens is 2. The van der Waals surface area contributed by atoms with Gasteiger partial charge >= 0.3 is 0 Å². The minimum absolute atomic E-state index is 0.0175. The van der Waals surface area contributed by atoms with Gasteiger partial charge < -0.3 is 25.2 Å². The number of aromatic nitrogens is 4. The first-order valence-corrected chi connectivity index (χ1v) is 23.8. The number of para-hydroxylation sites is 1. The summed E-state index contributed by atoms with van der Waals surface area (Å²) in [5.41, 5.74) is 3.87. The summed E-state index contributed by atoms with van der Waals surface area (Å²) in [5, 5.41) is 18.3. The number of aromatic amines is 1. The van der Waals surface area contributed by atoms with Gasteiger partial charge in [0.2, 0.25) is 11.8 Å². The van der Waals surface area contributed by atoms with Crippen LogP contribution >= 0.6 is 23.2 Å². The zero-order valence-corrected chi connectivity index (χ0v) is 39.2. The van der Waals surface area contributed by atoms with Gasteiger partial charge in [-0.25, -0.2) is 0 Å². The lowest BCUT2D eigenvalue weighted by atomic mass is 10.1. The van der Waals surface area contributed by atoms with Gasteiger partial charge in [0.25, 0.3) is 20.0 Å². The fourth-order valence-corrected chi connectivity index (χ4v) is 9.61. The molecule has 17 nitrogen and oxygen atoms in total. The summed E-state index contributed by atoms with van der Waals surface area (Å²) in [6.45, 7) is 0.650. The number of nitrogens with zero attached hydrogens (tertiary/aromatic N) is 7. The molecule has 0 fully saturated rings. The molecule has 3 N–H and O–H groups in total. The molecule has 66 heavy (non-hydrogen) atoms. The number of rotatable bonds is 18. The lowest BCUT2D eigenvalue weighted by Gasteiger charge is -2.14. The highest BCUT2D eigenvalue weighted by atomic mass is 35.5. The summed E-state index contributed by atoms with van der Waals surface area (Å²) in [6.07, 6.45) is 5.76. The maximum absolute atomic E-state index is 13.5. The molecular formula is C45H44Cl2N10O7S2. The van der Waals surface area contributed by atoms with Crippen molar-refractivity contribution in [2.45, 2.75) is 35.6 Å². The Bertz CT molecular complexity index is 3240. The Kier molecular flexibility index (Phi) is 14.4. The monoisotopic (exact) mass is 970 g/mol. The van der Waals surface area contributed by atoms with Crippen molar-refractivity contribution in [1.29, 1.82) is 0 Å². The highest BCUT2D eigenvalue weighted by Crippen LogP contribution is 2.31. The Hall–Kier alpha value is -6.80. The highest BCUT2D eigenvalue weighted by Gasteiger charge is 2.23. The number of amides is 2. The Balaban J connectivity index is 0.999. The van der Waals surface area contributed by atoms with Gasteiger partial charge in [-0.05, 0) is 65.6 Å². The van der Waals surface area contributed by atoms with E-state index in [1.165, 1.54) is 35.9 Å². The van der Waals surface area contributed by atoms with E-state index in [-0.39, 0.29) is 34.0 Å². The van der Waals surface area contributed by atoms with E-state index in [0.717, 1.165) is 11.1 Å².